The molecule has 0 amide bonds. The summed E-state index contributed by atoms with van der Waals surface area (Å²) < 4.78 is 5.07. The largest absolute Gasteiger partial charge is 0.381 e. The summed E-state index contributed by atoms with van der Waals surface area (Å²) in [6.07, 6.45) is 1.38. The molecule has 0 aromatic carbocycles. The van der Waals surface area contributed by atoms with E-state index in [1.807, 2.05) is 0 Å². The lowest BCUT2D eigenvalue weighted by molar-refractivity contribution is 0.177. The maximum Gasteiger partial charge on any atom is 0.0532 e. The van der Waals surface area contributed by atoms with Crippen molar-refractivity contribution in [3.8, 4) is 0 Å². The van der Waals surface area contributed by atoms with Crippen molar-refractivity contribution in [3.05, 3.63) is 5.92 Å². The van der Waals surface area contributed by atoms with E-state index < -0.39 is 0 Å². The smallest absolute Gasteiger partial charge is 0.0532 e. The van der Waals surface area contributed by atoms with Crippen LogP contribution in [-0.2, 0) is 4.74 Å². The maximum absolute atomic E-state index is 5.07. The molecule has 33 valence electrons. The van der Waals surface area contributed by atoms with Crippen molar-refractivity contribution >= 4 is 0 Å². The fraction of sp³-hybridized carbons (Fsp3) is 0.800. The van der Waals surface area contributed by atoms with Crippen LogP contribution in [0.5, 0.6) is 0 Å². The molecular formula is C5H7O. The van der Waals surface area contributed by atoms with Gasteiger partial charge in [-0.05, 0) is 12.3 Å². The summed E-state index contributed by atoms with van der Waals surface area (Å²) in [4.78, 5) is 0. The second-order valence-electron chi connectivity index (χ2n) is 2.07. The Labute approximate surface area is 37.3 Å². The molecule has 1 atom stereocenters. The molecule has 1 aliphatic heterocycles. The van der Waals surface area contributed by atoms with E-state index in [1.165, 1.54) is 6.42 Å². The van der Waals surface area contributed by atoms with Crippen LogP contribution in [0.3, 0.4) is 0 Å². The highest BCUT2D eigenvalue weighted by atomic mass is 16.5. The van der Waals surface area contributed by atoms with Gasteiger partial charge in [0.05, 0.1) is 13.2 Å². The SMILES string of the molecule is C1OCC2C[C]12. The van der Waals surface area contributed by atoms with Crippen LogP contribution in [-0.4, -0.2) is 13.2 Å². The molecule has 2 aliphatic rings. The molecule has 1 saturated heterocycles. The maximum atomic E-state index is 5.07. The first-order valence-electron chi connectivity index (χ1n) is 2.39. The third kappa shape index (κ3) is 0.243. The first-order valence-corrected chi connectivity index (χ1v) is 2.39. The summed E-state index contributed by atoms with van der Waals surface area (Å²) in [6.45, 7) is 2.00. The molecule has 2 rings (SSSR count). The van der Waals surface area contributed by atoms with E-state index in [1.54, 1.807) is 5.92 Å². The third-order valence-electron chi connectivity index (χ3n) is 1.53. The van der Waals surface area contributed by atoms with Crippen LogP contribution in [0.2, 0.25) is 0 Å². The third-order valence-corrected chi connectivity index (χ3v) is 1.53. The lowest BCUT2D eigenvalue weighted by Crippen LogP contribution is -1.85. The van der Waals surface area contributed by atoms with Gasteiger partial charge < -0.3 is 4.74 Å². The molecule has 1 heteroatoms. The van der Waals surface area contributed by atoms with Crippen LogP contribution >= 0.6 is 0 Å². The quantitative estimate of drug-likeness (QED) is 0.417. The Kier molecular flexibility index (Phi) is 0.396. The lowest BCUT2D eigenvalue weighted by Gasteiger charge is -1.86. The van der Waals surface area contributed by atoms with Gasteiger partial charge in [0.2, 0.25) is 0 Å². The van der Waals surface area contributed by atoms with Crippen molar-refractivity contribution in [3.63, 3.8) is 0 Å². The minimum atomic E-state index is 0.907. The Morgan fingerprint density at radius 1 is 1.67 bits per heavy atom. The molecule has 2 fully saturated rings. The molecule has 0 aromatic rings. The van der Waals surface area contributed by atoms with Gasteiger partial charge in [-0.1, -0.05) is 0 Å². The van der Waals surface area contributed by atoms with Crippen LogP contribution in [0.4, 0.5) is 0 Å². The number of fused-ring (bicyclic) bond motifs is 1. The van der Waals surface area contributed by atoms with Gasteiger partial charge in [-0.3, -0.25) is 0 Å². The van der Waals surface area contributed by atoms with E-state index in [4.69, 9.17) is 4.74 Å². The van der Waals surface area contributed by atoms with E-state index in [9.17, 15) is 0 Å². The average molecular weight is 83.1 g/mol. The summed E-state index contributed by atoms with van der Waals surface area (Å²) in [5.41, 5.74) is 0. The monoisotopic (exact) mass is 83.0 g/mol. The second kappa shape index (κ2) is 0.784. The van der Waals surface area contributed by atoms with Crippen LogP contribution in [0, 0.1) is 11.8 Å². The van der Waals surface area contributed by atoms with Crippen molar-refractivity contribution in [2.24, 2.45) is 5.92 Å². The summed E-state index contributed by atoms with van der Waals surface area (Å²) in [6, 6.07) is 0. The van der Waals surface area contributed by atoms with Gasteiger partial charge >= 0.3 is 0 Å². The molecule has 1 heterocycles. The molecule has 0 bridgehead atoms. The summed E-state index contributed by atoms with van der Waals surface area (Å²) in [7, 11) is 0. The Bertz CT molecular complexity index is 62.3. The van der Waals surface area contributed by atoms with Crippen LogP contribution in [0.25, 0.3) is 0 Å². The van der Waals surface area contributed by atoms with Crippen LogP contribution in [0.1, 0.15) is 6.42 Å². The van der Waals surface area contributed by atoms with E-state index in [0.29, 0.717) is 0 Å². The van der Waals surface area contributed by atoms with E-state index >= 15 is 0 Å². The molecule has 1 radical (unpaired) electrons. The molecular weight excluding hydrogens is 76.1 g/mol. The van der Waals surface area contributed by atoms with Gasteiger partial charge in [-0.25, -0.2) is 0 Å². The highest BCUT2D eigenvalue weighted by molar-refractivity contribution is 5.17. The molecule has 1 saturated carbocycles. The van der Waals surface area contributed by atoms with Crippen molar-refractivity contribution in [2.45, 2.75) is 6.42 Å². The van der Waals surface area contributed by atoms with Gasteiger partial charge in [0.25, 0.3) is 0 Å². The van der Waals surface area contributed by atoms with Gasteiger partial charge in [0, 0.05) is 5.92 Å². The fourth-order valence-corrected chi connectivity index (χ4v) is 0.943. The Balaban J connectivity index is 2.09. The van der Waals surface area contributed by atoms with E-state index in [2.05, 4.69) is 0 Å². The lowest BCUT2D eigenvalue weighted by atomic mass is 10.4. The highest BCUT2D eigenvalue weighted by Gasteiger charge is 2.42. The highest BCUT2D eigenvalue weighted by Crippen LogP contribution is 2.45. The number of rotatable bonds is 0. The first-order chi connectivity index (χ1) is 2.97. The predicted molar refractivity (Wildman–Crippen MR) is 22.2 cm³/mol. The normalized spacial score (nSPS) is 43.0. The van der Waals surface area contributed by atoms with Gasteiger partial charge in [0.15, 0.2) is 0 Å². The zero-order valence-corrected chi connectivity index (χ0v) is 3.61. The van der Waals surface area contributed by atoms with Gasteiger partial charge in [-0.2, -0.15) is 0 Å². The summed E-state index contributed by atoms with van der Waals surface area (Å²) in [5, 5.41) is 0. The minimum Gasteiger partial charge on any atom is -0.381 e. The van der Waals surface area contributed by atoms with Crippen molar-refractivity contribution in [1.29, 1.82) is 0 Å². The molecule has 0 aromatic heterocycles. The Morgan fingerprint density at radius 3 is 2.83 bits per heavy atom. The van der Waals surface area contributed by atoms with Crippen molar-refractivity contribution < 1.29 is 4.74 Å². The molecule has 1 unspecified atom stereocenters. The first kappa shape index (κ1) is 3.03. The van der Waals surface area contributed by atoms with E-state index in [0.717, 1.165) is 19.1 Å². The topological polar surface area (TPSA) is 9.23 Å². The van der Waals surface area contributed by atoms with Gasteiger partial charge in [-0.15, -0.1) is 0 Å². The molecule has 0 N–H and O–H groups in total. The van der Waals surface area contributed by atoms with Crippen LogP contribution in [0.15, 0.2) is 0 Å². The Morgan fingerprint density at radius 2 is 2.67 bits per heavy atom. The van der Waals surface area contributed by atoms with E-state index in [-0.39, 0.29) is 0 Å². The molecule has 0 spiro atoms. The number of hydrogen-bond acceptors (Lipinski definition) is 1. The molecule has 1 nitrogen and oxygen atoms in total. The van der Waals surface area contributed by atoms with Gasteiger partial charge in [0.1, 0.15) is 0 Å². The summed E-state index contributed by atoms with van der Waals surface area (Å²) in [5.74, 6) is 2.56. The van der Waals surface area contributed by atoms with Crippen molar-refractivity contribution in [2.75, 3.05) is 13.2 Å². The zero-order valence-electron chi connectivity index (χ0n) is 3.61. The predicted octanol–water partition coefficient (Wildman–Crippen LogP) is 0.611. The molecule has 1 aliphatic carbocycles. The summed E-state index contributed by atoms with van der Waals surface area (Å²) >= 11 is 0. The fourth-order valence-electron chi connectivity index (χ4n) is 0.943. The average Bonchev–Trinajstić information content (AvgIpc) is 2.17. The Hall–Kier alpha value is -0.0400. The number of hydrogen-bond donors (Lipinski definition) is 0. The van der Waals surface area contributed by atoms with Crippen molar-refractivity contribution in [1.82, 2.24) is 0 Å². The standard InChI is InChI=1S/C5H7O/c1-4-2-6-3-5(1)4/h4H,1-3H2. The number of ether oxygens (including phenoxy) is 1. The molecule has 6 heavy (non-hydrogen) atoms. The zero-order chi connectivity index (χ0) is 3.98. The minimum absolute atomic E-state index is 0.907. The second-order valence-corrected chi connectivity index (χ2v) is 2.07. The van der Waals surface area contributed by atoms with Crippen LogP contribution < -0.4 is 0 Å².